The van der Waals surface area contributed by atoms with Gasteiger partial charge in [0.05, 0.1) is 11.1 Å². The van der Waals surface area contributed by atoms with Gasteiger partial charge >= 0.3 is 6.03 Å². The molecule has 0 aliphatic carbocycles. The van der Waals surface area contributed by atoms with Crippen LogP contribution in [0, 0.1) is 0 Å². The van der Waals surface area contributed by atoms with Crippen LogP contribution >= 0.6 is 0 Å². The number of hydrogen-bond acceptors (Lipinski definition) is 4. The number of fused-ring (bicyclic) bond motifs is 1. The van der Waals surface area contributed by atoms with Gasteiger partial charge in [-0.05, 0) is 24.6 Å². The van der Waals surface area contributed by atoms with Crippen molar-refractivity contribution in [2.45, 2.75) is 12.5 Å². The molecular formula is C18H15N5O3. The first-order valence-corrected chi connectivity index (χ1v) is 7.96. The Morgan fingerprint density at radius 1 is 1.15 bits per heavy atom. The van der Waals surface area contributed by atoms with Crippen LogP contribution in [0.25, 0.3) is 11.0 Å². The zero-order valence-corrected chi connectivity index (χ0v) is 13.8. The van der Waals surface area contributed by atoms with Crippen LogP contribution in [0.3, 0.4) is 0 Å². The van der Waals surface area contributed by atoms with Crippen LogP contribution in [0.5, 0.6) is 0 Å². The molecule has 1 atom stereocenters. The molecule has 1 aliphatic heterocycles. The number of carbonyl (C=O) groups excluding carboxylic acids is 3. The van der Waals surface area contributed by atoms with Gasteiger partial charge in [0.15, 0.2) is 0 Å². The lowest BCUT2D eigenvalue weighted by atomic mass is 9.92. The van der Waals surface area contributed by atoms with E-state index in [1.165, 1.54) is 6.20 Å². The topological polar surface area (TPSA) is 107 Å². The number of aromatic amines is 1. The number of amides is 4. The molecule has 0 spiro atoms. The highest BCUT2D eigenvalue weighted by molar-refractivity contribution is 6.11. The molecule has 3 N–H and O–H groups in total. The molecule has 8 heteroatoms. The lowest BCUT2D eigenvalue weighted by Crippen LogP contribution is -2.47. The maximum absolute atomic E-state index is 12.8. The number of nitrogens with zero attached hydrogens (tertiary/aromatic N) is 2. The molecule has 0 radical (unpaired) electrons. The van der Waals surface area contributed by atoms with Crippen LogP contribution in [-0.2, 0) is 10.3 Å². The zero-order chi connectivity index (χ0) is 18.3. The summed E-state index contributed by atoms with van der Waals surface area (Å²) in [4.78, 5) is 44.8. The number of aromatic nitrogens is 2. The normalized spacial score (nSPS) is 19.7. The second kappa shape index (κ2) is 5.69. The Kier molecular flexibility index (Phi) is 3.47. The highest BCUT2D eigenvalue weighted by atomic mass is 16.2. The highest BCUT2D eigenvalue weighted by Crippen LogP contribution is 2.27. The molecule has 4 amide bonds. The maximum Gasteiger partial charge on any atom is 0.344 e. The van der Waals surface area contributed by atoms with Crippen LogP contribution in [0.1, 0.15) is 22.8 Å². The largest absolute Gasteiger partial charge is 0.359 e. The molecule has 3 heterocycles. The van der Waals surface area contributed by atoms with E-state index >= 15 is 0 Å². The first-order chi connectivity index (χ1) is 12.5. The Bertz CT molecular complexity index is 1030. The minimum atomic E-state index is -1.25. The average molecular weight is 349 g/mol. The number of rotatable bonds is 3. The Labute approximate surface area is 148 Å². The predicted octanol–water partition coefficient (Wildman–Crippen LogP) is 1.67. The fourth-order valence-electron chi connectivity index (χ4n) is 3.00. The minimum Gasteiger partial charge on any atom is -0.359 e. The van der Waals surface area contributed by atoms with Gasteiger partial charge in [0, 0.05) is 12.4 Å². The summed E-state index contributed by atoms with van der Waals surface area (Å²) in [5.74, 6) is -1.16. The van der Waals surface area contributed by atoms with Gasteiger partial charge < -0.3 is 10.3 Å². The smallest absolute Gasteiger partial charge is 0.344 e. The van der Waals surface area contributed by atoms with E-state index in [9.17, 15) is 14.4 Å². The highest BCUT2D eigenvalue weighted by Gasteiger charge is 2.50. The quantitative estimate of drug-likeness (QED) is 0.625. The molecule has 130 valence electrons. The number of hydrazine groups is 1. The van der Waals surface area contributed by atoms with E-state index in [-0.39, 0.29) is 5.56 Å². The van der Waals surface area contributed by atoms with Gasteiger partial charge in [0.25, 0.3) is 11.8 Å². The fraction of sp³-hybridized carbons (Fsp3) is 0.111. The lowest BCUT2D eigenvalue weighted by molar-refractivity contribution is -0.132. The molecular weight excluding hydrogens is 334 g/mol. The third-order valence-corrected chi connectivity index (χ3v) is 4.43. The first-order valence-electron chi connectivity index (χ1n) is 7.96. The summed E-state index contributed by atoms with van der Waals surface area (Å²) in [6, 6.07) is 11.7. The number of hydrogen-bond donors (Lipinski definition) is 3. The van der Waals surface area contributed by atoms with E-state index in [0.29, 0.717) is 21.6 Å². The Morgan fingerprint density at radius 2 is 1.92 bits per heavy atom. The molecule has 1 fully saturated rings. The fourth-order valence-corrected chi connectivity index (χ4v) is 3.00. The second-order valence-electron chi connectivity index (χ2n) is 6.10. The van der Waals surface area contributed by atoms with E-state index in [0.717, 1.165) is 0 Å². The molecule has 1 unspecified atom stereocenters. The van der Waals surface area contributed by atoms with Crippen molar-refractivity contribution in [1.82, 2.24) is 25.7 Å². The molecule has 1 aliphatic rings. The van der Waals surface area contributed by atoms with Gasteiger partial charge in [-0.25, -0.2) is 4.79 Å². The molecule has 26 heavy (non-hydrogen) atoms. The third kappa shape index (κ3) is 2.31. The van der Waals surface area contributed by atoms with E-state index in [1.54, 1.807) is 49.5 Å². The number of pyridine rings is 1. The zero-order valence-electron chi connectivity index (χ0n) is 13.8. The summed E-state index contributed by atoms with van der Waals surface area (Å²) in [5, 5.41) is 3.34. The number of nitrogens with one attached hydrogen (secondary N) is 3. The third-order valence-electron chi connectivity index (χ3n) is 4.43. The standard InChI is InChI=1S/C18H15N5O3/c1-18(11-6-3-2-4-7-11)16(25)23(17(26)21-18)22-15(24)12-10-20-13-8-5-9-19-14(12)13/h2-10,20H,1H3,(H,21,26)(H,22,24). The Balaban J connectivity index is 1.61. The number of H-pyrrole nitrogens is 1. The Hall–Kier alpha value is -3.68. The molecule has 8 nitrogen and oxygen atoms in total. The van der Waals surface area contributed by atoms with Gasteiger partial charge in [0.1, 0.15) is 11.1 Å². The molecule has 1 saturated heterocycles. The second-order valence-corrected chi connectivity index (χ2v) is 6.10. The molecule has 0 saturated carbocycles. The summed E-state index contributed by atoms with van der Waals surface area (Å²) in [7, 11) is 0. The molecule has 4 rings (SSSR count). The molecule has 2 aromatic heterocycles. The first kappa shape index (κ1) is 15.8. The Morgan fingerprint density at radius 3 is 2.69 bits per heavy atom. The van der Waals surface area contributed by atoms with Crippen molar-refractivity contribution >= 4 is 28.9 Å². The van der Waals surface area contributed by atoms with Crippen molar-refractivity contribution in [3.63, 3.8) is 0 Å². The van der Waals surface area contributed by atoms with Gasteiger partial charge in [0.2, 0.25) is 0 Å². The van der Waals surface area contributed by atoms with E-state index in [2.05, 4.69) is 20.7 Å². The van der Waals surface area contributed by atoms with E-state index in [1.807, 2.05) is 6.07 Å². The summed E-state index contributed by atoms with van der Waals surface area (Å²) >= 11 is 0. The van der Waals surface area contributed by atoms with Crippen LogP contribution in [0.15, 0.2) is 54.9 Å². The maximum atomic E-state index is 12.8. The monoisotopic (exact) mass is 349 g/mol. The number of benzene rings is 1. The number of imide groups is 1. The van der Waals surface area contributed by atoms with Gasteiger partial charge in [-0.3, -0.25) is 20.0 Å². The van der Waals surface area contributed by atoms with Gasteiger partial charge in [-0.2, -0.15) is 5.01 Å². The van der Waals surface area contributed by atoms with Crippen molar-refractivity contribution in [3.8, 4) is 0 Å². The lowest BCUT2D eigenvalue weighted by Gasteiger charge is -2.22. The van der Waals surface area contributed by atoms with Crippen molar-refractivity contribution < 1.29 is 14.4 Å². The van der Waals surface area contributed by atoms with Crippen molar-refractivity contribution in [2.24, 2.45) is 0 Å². The number of urea groups is 1. The van der Waals surface area contributed by atoms with Crippen LogP contribution in [0.2, 0.25) is 0 Å². The average Bonchev–Trinajstić information content (AvgIpc) is 3.18. The van der Waals surface area contributed by atoms with Gasteiger partial charge in [-0.1, -0.05) is 30.3 Å². The number of carbonyl (C=O) groups is 3. The predicted molar refractivity (Wildman–Crippen MR) is 92.7 cm³/mol. The molecule has 1 aromatic carbocycles. The van der Waals surface area contributed by atoms with E-state index in [4.69, 9.17) is 0 Å². The van der Waals surface area contributed by atoms with Crippen LogP contribution in [0.4, 0.5) is 4.79 Å². The molecule has 3 aromatic rings. The summed E-state index contributed by atoms with van der Waals surface area (Å²) in [6.45, 7) is 1.60. The van der Waals surface area contributed by atoms with E-state index < -0.39 is 23.4 Å². The summed E-state index contributed by atoms with van der Waals surface area (Å²) in [5.41, 5.74) is 3.14. The van der Waals surface area contributed by atoms with Crippen LogP contribution in [-0.4, -0.2) is 32.8 Å². The van der Waals surface area contributed by atoms with Gasteiger partial charge in [-0.15, -0.1) is 0 Å². The van der Waals surface area contributed by atoms with Crippen molar-refractivity contribution in [2.75, 3.05) is 0 Å². The van der Waals surface area contributed by atoms with Crippen molar-refractivity contribution in [1.29, 1.82) is 0 Å². The molecule has 0 bridgehead atoms. The van der Waals surface area contributed by atoms with Crippen molar-refractivity contribution in [3.05, 3.63) is 66.0 Å². The minimum absolute atomic E-state index is 0.245. The SMILES string of the molecule is CC1(c2ccccc2)NC(=O)N(NC(=O)c2c[nH]c3cccnc23)C1=O. The summed E-state index contributed by atoms with van der Waals surface area (Å²) < 4.78 is 0. The summed E-state index contributed by atoms with van der Waals surface area (Å²) in [6.07, 6.45) is 3.05. The van der Waals surface area contributed by atoms with Crippen LogP contribution < -0.4 is 10.7 Å².